The molecule has 2 aromatic heterocycles. The van der Waals surface area contributed by atoms with Crippen LogP contribution in [0.5, 0.6) is 0 Å². The number of nitrogens with zero attached hydrogens (tertiary/aromatic N) is 4. The Hall–Kier alpha value is -4.40. The molecule has 2 aliphatic rings. The minimum absolute atomic E-state index is 0.0157. The molecule has 0 radical (unpaired) electrons. The van der Waals surface area contributed by atoms with Gasteiger partial charge in [-0.15, -0.1) is 0 Å². The van der Waals surface area contributed by atoms with Gasteiger partial charge in [-0.05, 0) is 43.4 Å². The van der Waals surface area contributed by atoms with Crippen molar-refractivity contribution >= 4 is 33.1 Å². The highest BCUT2D eigenvalue weighted by molar-refractivity contribution is 7.89. The predicted octanol–water partition coefficient (Wildman–Crippen LogP) is 3.93. The van der Waals surface area contributed by atoms with Gasteiger partial charge in [0.1, 0.15) is 11.6 Å². The first kappa shape index (κ1) is 31.6. The van der Waals surface area contributed by atoms with Crippen LogP contribution in [0.15, 0.2) is 59.8 Å². The largest absolute Gasteiger partial charge is 0.369 e. The number of carbonyl (C=O) groups is 2. The Morgan fingerprint density at radius 2 is 1.74 bits per heavy atom. The van der Waals surface area contributed by atoms with Gasteiger partial charge in [-0.25, -0.2) is 17.2 Å². The summed E-state index contributed by atoms with van der Waals surface area (Å²) in [7, 11) is -2.23. The molecule has 2 aliphatic heterocycles. The molecule has 3 N–H and O–H groups in total. The zero-order valence-electron chi connectivity index (χ0n) is 25.7. The number of hydrogen-bond acceptors (Lipinski definition) is 7. The van der Waals surface area contributed by atoms with Crippen LogP contribution in [0.4, 0.5) is 20.2 Å². The van der Waals surface area contributed by atoms with Gasteiger partial charge in [-0.1, -0.05) is 13.8 Å². The Bertz CT molecular complexity index is 1880. The van der Waals surface area contributed by atoms with Crippen molar-refractivity contribution < 1.29 is 26.8 Å². The van der Waals surface area contributed by atoms with Gasteiger partial charge < -0.3 is 20.1 Å². The zero-order valence-corrected chi connectivity index (χ0v) is 26.5. The molecule has 2 aromatic carbocycles. The van der Waals surface area contributed by atoms with E-state index in [0.717, 1.165) is 48.3 Å². The van der Waals surface area contributed by atoms with Crippen molar-refractivity contribution in [1.29, 1.82) is 0 Å². The third kappa shape index (κ3) is 6.19. The summed E-state index contributed by atoms with van der Waals surface area (Å²) in [5.41, 5.74) is 2.72. The van der Waals surface area contributed by atoms with Crippen molar-refractivity contribution in [3.63, 3.8) is 0 Å². The van der Waals surface area contributed by atoms with Crippen LogP contribution in [0, 0.1) is 11.6 Å². The molecule has 46 heavy (non-hydrogen) atoms. The highest BCUT2D eigenvalue weighted by Crippen LogP contribution is 2.37. The van der Waals surface area contributed by atoms with Crippen LogP contribution in [-0.2, 0) is 28.4 Å². The van der Waals surface area contributed by atoms with E-state index in [1.54, 1.807) is 30.6 Å². The molecule has 0 spiro atoms. The average molecular weight is 652 g/mol. The summed E-state index contributed by atoms with van der Waals surface area (Å²) in [6.07, 6.45) is 3.05. The fraction of sp³-hybridized carbons (Fsp3) is 0.344. The molecule has 6 rings (SSSR count). The number of ketones is 1. The maximum absolute atomic E-state index is 14.0. The van der Waals surface area contributed by atoms with Crippen LogP contribution in [0.3, 0.4) is 0 Å². The number of carbonyl (C=O) groups excluding carboxylic acids is 2. The number of fused-ring (bicyclic) bond motifs is 1. The fourth-order valence-corrected chi connectivity index (χ4v) is 7.69. The second-order valence-electron chi connectivity index (χ2n) is 12.5. The highest BCUT2D eigenvalue weighted by atomic mass is 32.2. The molecule has 0 unspecified atom stereocenters. The quantitative estimate of drug-likeness (QED) is 0.246. The fourth-order valence-electron chi connectivity index (χ4n) is 6.08. The molecule has 242 valence electrons. The molecule has 0 saturated carbocycles. The Balaban J connectivity index is 1.30. The van der Waals surface area contributed by atoms with Crippen LogP contribution >= 0.6 is 0 Å². The summed E-state index contributed by atoms with van der Waals surface area (Å²) in [5.74, 6) is -2.68. The number of aromatic amines is 2. The first-order valence-electron chi connectivity index (χ1n) is 14.9. The number of amides is 1. The van der Waals surface area contributed by atoms with E-state index >= 15 is 0 Å². The van der Waals surface area contributed by atoms with Crippen molar-refractivity contribution in [2.45, 2.75) is 37.1 Å². The van der Waals surface area contributed by atoms with Crippen molar-refractivity contribution in [2.75, 3.05) is 50.0 Å². The van der Waals surface area contributed by atoms with Crippen molar-refractivity contribution in [3.8, 4) is 0 Å². The topological polar surface area (TPSA) is 134 Å². The minimum Gasteiger partial charge on any atom is -0.369 e. The van der Waals surface area contributed by atoms with Gasteiger partial charge >= 0.3 is 0 Å². The Morgan fingerprint density at radius 3 is 2.41 bits per heavy atom. The van der Waals surface area contributed by atoms with E-state index in [4.69, 9.17) is 0 Å². The number of halogens is 2. The van der Waals surface area contributed by atoms with Crippen molar-refractivity contribution in [3.05, 3.63) is 94.6 Å². The van der Waals surface area contributed by atoms with E-state index in [-0.39, 0.29) is 31.2 Å². The normalized spacial score (nSPS) is 17.1. The summed E-state index contributed by atoms with van der Waals surface area (Å²) in [4.78, 5) is 33.8. The SMILES string of the molecule is CN1CCN(c2ccc(C(=O)Cc3[nH]nc4c3CN(S(=O)(=O)c3cc(F)cc(F)c3)CC4(C)C)c(NC(=O)c3cc[nH]c3)c2)CC1. The molecule has 0 aliphatic carbocycles. The van der Waals surface area contributed by atoms with Gasteiger partial charge in [0.15, 0.2) is 5.78 Å². The number of sulfonamides is 1. The second-order valence-corrected chi connectivity index (χ2v) is 14.4. The third-order valence-corrected chi connectivity index (χ3v) is 10.4. The van der Waals surface area contributed by atoms with Crippen molar-refractivity contribution in [2.24, 2.45) is 0 Å². The van der Waals surface area contributed by atoms with Gasteiger partial charge in [0.2, 0.25) is 10.0 Å². The lowest BCUT2D eigenvalue weighted by molar-refractivity contribution is 0.0992. The lowest BCUT2D eigenvalue weighted by Gasteiger charge is -2.36. The van der Waals surface area contributed by atoms with Crippen LogP contribution in [0.25, 0.3) is 0 Å². The van der Waals surface area contributed by atoms with Crippen LogP contribution in [0.2, 0.25) is 0 Å². The van der Waals surface area contributed by atoms with E-state index in [1.165, 1.54) is 0 Å². The third-order valence-electron chi connectivity index (χ3n) is 8.59. The van der Waals surface area contributed by atoms with Crippen LogP contribution in [0.1, 0.15) is 51.5 Å². The molecule has 4 aromatic rings. The minimum atomic E-state index is -4.29. The van der Waals surface area contributed by atoms with E-state index < -0.39 is 32.0 Å². The molecule has 0 atom stereocenters. The molecular formula is C32H35F2N7O4S. The number of benzene rings is 2. The Morgan fingerprint density at radius 1 is 1.02 bits per heavy atom. The molecule has 1 fully saturated rings. The van der Waals surface area contributed by atoms with Gasteiger partial charge in [0, 0.05) is 85.7 Å². The predicted molar refractivity (Wildman–Crippen MR) is 168 cm³/mol. The first-order chi connectivity index (χ1) is 21.8. The Kier molecular flexibility index (Phi) is 8.29. The monoisotopic (exact) mass is 651 g/mol. The van der Waals surface area contributed by atoms with E-state index in [2.05, 4.69) is 37.3 Å². The average Bonchev–Trinajstić information content (AvgIpc) is 3.68. The van der Waals surface area contributed by atoms with E-state index in [0.29, 0.717) is 39.8 Å². The molecule has 14 heteroatoms. The van der Waals surface area contributed by atoms with Gasteiger partial charge in [0.05, 0.1) is 28.3 Å². The van der Waals surface area contributed by atoms with Crippen molar-refractivity contribution in [1.82, 2.24) is 24.4 Å². The molecular weight excluding hydrogens is 616 g/mol. The van der Waals surface area contributed by atoms with Gasteiger partial charge in [-0.3, -0.25) is 14.7 Å². The molecule has 1 amide bonds. The molecule has 1 saturated heterocycles. The standard InChI is InChI=1S/C32H35F2N7O4S/c1-32(2)19-41(46(44,45)24-13-21(33)12-22(34)14-24)18-26-28(37-38-30(26)32)16-29(42)25-5-4-23(40-10-8-39(3)9-11-40)15-27(25)36-31(43)20-6-7-35-17-20/h4-7,12-15,17,35H,8-11,16,18-19H2,1-3H3,(H,36,43)(H,37,38). The number of nitrogens with one attached hydrogen (secondary N) is 3. The number of Topliss-reactive ketones (excluding diaryl/α,β-unsaturated/α-hetero) is 1. The molecule has 4 heterocycles. The summed E-state index contributed by atoms with van der Waals surface area (Å²) >= 11 is 0. The first-order valence-corrected chi connectivity index (χ1v) is 16.3. The number of anilines is 2. The summed E-state index contributed by atoms with van der Waals surface area (Å²) in [6.45, 7) is 6.87. The molecule has 11 nitrogen and oxygen atoms in total. The van der Waals surface area contributed by atoms with E-state index in [1.807, 2.05) is 19.9 Å². The number of H-pyrrole nitrogens is 2. The lowest BCUT2D eigenvalue weighted by atomic mass is 9.83. The molecule has 0 bridgehead atoms. The lowest BCUT2D eigenvalue weighted by Crippen LogP contribution is -2.45. The summed E-state index contributed by atoms with van der Waals surface area (Å²) < 4.78 is 56.2. The Labute approximate surface area is 265 Å². The van der Waals surface area contributed by atoms with E-state index in [9.17, 15) is 26.8 Å². The number of rotatable bonds is 8. The van der Waals surface area contributed by atoms with Crippen LogP contribution < -0.4 is 10.2 Å². The second kappa shape index (κ2) is 12.1. The summed E-state index contributed by atoms with van der Waals surface area (Å²) in [6, 6.07) is 9.20. The maximum atomic E-state index is 14.0. The zero-order chi connectivity index (χ0) is 32.8. The van der Waals surface area contributed by atoms with Gasteiger partial charge in [0.25, 0.3) is 5.91 Å². The number of likely N-dealkylation sites (N-methyl/N-ethyl adjacent to an activating group) is 1. The number of aromatic nitrogens is 3. The summed E-state index contributed by atoms with van der Waals surface area (Å²) in [5, 5.41) is 10.3. The van der Waals surface area contributed by atoms with Gasteiger partial charge in [-0.2, -0.15) is 9.40 Å². The van der Waals surface area contributed by atoms with Crippen LogP contribution in [-0.4, -0.2) is 84.3 Å². The number of hydrogen-bond donors (Lipinski definition) is 3. The smallest absolute Gasteiger partial charge is 0.257 e. The maximum Gasteiger partial charge on any atom is 0.257 e. The number of piperazine rings is 1. The highest BCUT2D eigenvalue weighted by Gasteiger charge is 2.41.